The third-order valence-corrected chi connectivity index (χ3v) is 17.4. The second-order valence-corrected chi connectivity index (χ2v) is 25.3. The Balaban J connectivity index is 1.27. The van der Waals surface area contributed by atoms with E-state index in [4.69, 9.17) is 4.42 Å². The van der Waals surface area contributed by atoms with Gasteiger partial charge >= 0.3 is 0 Å². The summed E-state index contributed by atoms with van der Waals surface area (Å²) in [6.07, 6.45) is 4.57. The number of anilines is 9. The molecule has 4 nitrogen and oxygen atoms in total. The van der Waals surface area contributed by atoms with Crippen LogP contribution in [-0.2, 0) is 27.1 Å². The molecule has 1 aromatic heterocycles. The first-order valence-electron chi connectivity index (χ1n) is 26.3. The molecule has 8 aromatic rings. The average molecular weight is 932 g/mol. The highest BCUT2D eigenvalue weighted by molar-refractivity contribution is 7.00. The van der Waals surface area contributed by atoms with Crippen LogP contribution in [0, 0.1) is 13.8 Å². The average Bonchev–Trinajstić information content (AvgIpc) is 3.70. The number of rotatable bonds is 5. The number of hydrogen-bond acceptors (Lipinski definition) is 4. The highest BCUT2D eigenvalue weighted by Crippen LogP contribution is 2.57. The topological polar surface area (TPSA) is 22.9 Å². The zero-order valence-corrected chi connectivity index (χ0v) is 44.4. The van der Waals surface area contributed by atoms with Crippen molar-refractivity contribution in [3.63, 3.8) is 0 Å². The summed E-state index contributed by atoms with van der Waals surface area (Å²) >= 11 is 0. The molecular weight excluding hydrogens is 862 g/mol. The quantitative estimate of drug-likeness (QED) is 0.160. The maximum absolute atomic E-state index is 7.47. The standard InChI is InChI=1S/C66H70BN3O/c1-41-24-31-56-48(36-41)59-61(71-56)67-52-29-28-50-57(66(12,13)35-34-64(50,8)9)60(52)69(46-26-27-49-51(38-46)65(10,11)33-32-63(49,6)7)54-39-47(68(44-20-16-14-17-21-44)45-22-18-15-19-23-45)40-55(58(54)67)70(59)53-30-25-43(37-42(53)2)62(3,4)5/h14-31,36-40H,32-35H2,1-13H3. The molecule has 0 fully saturated rings. The SMILES string of the molecule is Cc1ccc2oc3c(c2c1)N(c1ccc(C(C)(C)C)cc1C)c1cc(N(c2ccccc2)c2ccccc2)cc2c1B3c1ccc3c(c1N2c1ccc2c(c1)C(C)(C)CCC2(C)C)C(C)(C)CCC3(C)C. The molecule has 7 aromatic carbocycles. The van der Waals surface area contributed by atoms with Gasteiger partial charge in [-0.25, -0.2) is 0 Å². The molecule has 0 spiro atoms. The van der Waals surface area contributed by atoms with Crippen LogP contribution in [0.5, 0.6) is 0 Å². The smallest absolute Gasteiger partial charge is 0.297 e. The number of aryl methyl sites for hydroxylation is 2. The Labute approximate surface area is 423 Å². The predicted molar refractivity (Wildman–Crippen MR) is 304 cm³/mol. The molecule has 0 radical (unpaired) electrons. The van der Waals surface area contributed by atoms with Gasteiger partial charge in [0.25, 0.3) is 6.71 Å². The molecule has 0 N–H and O–H groups in total. The Morgan fingerprint density at radius 2 is 1.11 bits per heavy atom. The van der Waals surface area contributed by atoms with Gasteiger partial charge in [0.1, 0.15) is 5.58 Å². The van der Waals surface area contributed by atoms with E-state index < -0.39 is 0 Å². The van der Waals surface area contributed by atoms with Gasteiger partial charge in [0.2, 0.25) is 0 Å². The number of furan rings is 1. The van der Waals surface area contributed by atoms with Gasteiger partial charge in [0.15, 0.2) is 0 Å². The highest BCUT2D eigenvalue weighted by Gasteiger charge is 2.51. The second-order valence-electron chi connectivity index (χ2n) is 25.3. The van der Waals surface area contributed by atoms with Crippen molar-refractivity contribution in [3.05, 3.63) is 178 Å². The van der Waals surface area contributed by atoms with E-state index in [1.807, 2.05) is 0 Å². The lowest BCUT2D eigenvalue weighted by atomic mass is 9.35. The predicted octanol–water partition coefficient (Wildman–Crippen LogP) is 16.6. The van der Waals surface area contributed by atoms with Crippen molar-refractivity contribution in [2.24, 2.45) is 0 Å². The van der Waals surface area contributed by atoms with Crippen molar-refractivity contribution in [2.45, 2.75) is 143 Å². The van der Waals surface area contributed by atoms with E-state index in [0.717, 1.165) is 64.3 Å². The van der Waals surface area contributed by atoms with Crippen molar-refractivity contribution >= 4 is 85.5 Å². The third kappa shape index (κ3) is 6.99. The molecule has 358 valence electrons. The van der Waals surface area contributed by atoms with Gasteiger partial charge in [0.05, 0.1) is 17.0 Å². The maximum atomic E-state index is 7.47. The fourth-order valence-corrected chi connectivity index (χ4v) is 13.1. The van der Waals surface area contributed by atoms with E-state index in [1.54, 1.807) is 0 Å². The molecule has 4 aliphatic rings. The lowest BCUT2D eigenvalue weighted by molar-refractivity contribution is 0.331. The minimum Gasteiger partial charge on any atom is -0.468 e. The first kappa shape index (κ1) is 45.7. The molecule has 0 atom stereocenters. The number of nitrogens with zero attached hydrogens (tertiary/aromatic N) is 3. The van der Waals surface area contributed by atoms with Crippen molar-refractivity contribution < 1.29 is 4.42 Å². The number of para-hydroxylation sites is 2. The summed E-state index contributed by atoms with van der Waals surface area (Å²) in [4.78, 5) is 7.78. The first-order chi connectivity index (χ1) is 33.6. The van der Waals surface area contributed by atoms with E-state index in [1.165, 1.54) is 79.0 Å². The van der Waals surface area contributed by atoms with Crippen LogP contribution >= 0.6 is 0 Å². The monoisotopic (exact) mass is 932 g/mol. The summed E-state index contributed by atoms with van der Waals surface area (Å²) in [6.45, 7) is 31.1. The van der Waals surface area contributed by atoms with Crippen molar-refractivity contribution in [3.8, 4) is 0 Å². The first-order valence-corrected chi connectivity index (χ1v) is 26.3. The van der Waals surface area contributed by atoms with Crippen LogP contribution in [0.15, 0.2) is 144 Å². The summed E-state index contributed by atoms with van der Waals surface area (Å²) in [6, 6.07) is 53.4. The van der Waals surface area contributed by atoms with Crippen LogP contribution in [0.2, 0.25) is 0 Å². The van der Waals surface area contributed by atoms with Crippen LogP contribution in [0.25, 0.3) is 11.0 Å². The van der Waals surface area contributed by atoms with Crippen LogP contribution in [-0.4, -0.2) is 6.71 Å². The molecule has 0 amide bonds. The molecule has 12 rings (SSSR count). The number of fused-ring (bicyclic) bond motifs is 9. The zero-order valence-electron chi connectivity index (χ0n) is 44.4. The van der Waals surface area contributed by atoms with Gasteiger partial charge in [-0.15, -0.1) is 0 Å². The molecule has 2 aliphatic heterocycles. The van der Waals surface area contributed by atoms with Gasteiger partial charge in [-0.05, 0) is 178 Å². The minimum atomic E-state index is -0.172. The van der Waals surface area contributed by atoms with E-state index in [2.05, 4.69) is 244 Å². The zero-order chi connectivity index (χ0) is 49.7. The molecule has 0 saturated heterocycles. The Morgan fingerprint density at radius 1 is 0.521 bits per heavy atom. The van der Waals surface area contributed by atoms with Crippen molar-refractivity contribution in [1.82, 2.24) is 0 Å². The fourth-order valence-electron chi connectivity index (χ4n) is 13.1. The molecule has 2 aliphatic carbocycles. The van der Waals surface area contributed by atoms with Crippen molar-refractivity contribution in [2.75, 3.05) is 14.7 Å². The third-order valence-electron chi connectivity index (χ3n) is 17.4. The lowest BCUT2D eigenvalue weighted by Gasteiger charge is -2.49. The molecule has 71 heavy (non-hydrogen) atoms. The van der Waals surface area contributed by atoms with Gasteiger partial charge in [0, 0.05) is 45.2 Å². The minimum absolute atomic E-state index is 0.000280. The second kappa shape index (κ2) is 15.5. The van der Waals surface area contributed by atoms with E-state index in [9.17, 15) is 0 Å². The van der Waals surface area contributed by atoms with Crippen LogP contribution < -0.4 is 31.3 Å². The number of benzene rings is 7. The Kier molecular flexibility index (Phi) is 9.98. The van der Waals surface area contributed by atoms with Crippen LogP contribution in [0.1, 0.15) is 141 Å². The molecular formula is C66H70BN3O. The lowest BCUT2D eigenvalue weighted by Crippen LogP contribution is -2.61. The van der Waals surface area contributed by atoms with E-state index in [0.29, 0.717) is 0 Å². The summed E-state index contributed by atoms with van der Waals surface area (Å²) in [5.41, 5.74) is 24.7. The summed E-state index contributed by atoms with van der Waals surface area (Å²) < 4.78 is 7.47. The normalized spacial score (nSPS) is 17.8. The molecule has 0 bridgehead atoms. The fraction of sp³-hybridized carbons (Fsp3) is 0.333. The molecule has 3 heterocycles. The van der Waals surface area contributed by atoms with Gasteiger partial charge in [-0.1, -0.05) is 155 Å². The maximum Gasteiger partial charge on any atom is 0.297 e. The van der Waals surface area contributed by atoms with Gasteiger partial charge < -0.3 is 19.1 Å². The highest BCUT2D eigenvalue weighted by atomic mass is 16.3. The number of hydrogen-bond donors (Lipinski definition) is 0. The molecule has 0 saturated carbocycles. The van der Waals surface area contributed by atoms with Crippen molar-refractivity contribution in [1.29, 1.82) is 0 Å². The van der Waals surface area contributed by atoms with Crippen LogP contribution in [0.3, 0.4) is 0 Å². The summed E-state index contributed by atoms with van der Waals surface area (Å²) in [5.74, 6) is 0. The van der Waals surface area contributed by atoms with Crippen LogP contribution in [0.4, 0.5) is 51.2 Å². The van der Waals surface area contributed by atoms with Gasteiger partial charge in [-0.2, -0.15) is 0 Å². The Bertz CT molecular complexity index is 3420. The largest absolute Gasteiger partial charge is 0.468 e. The summed E-state index contributed by atoms with van der Waals surface area (Å²) in [7, 11) is 0. The molecule has 0 unspecified atom stereocenters. The Morgan fingerprint density at radius 3 is 1.75 bits per heavy atom. The van der Waals surface area contributed by atoms with Gasteiger partial charge in [-0.3, -0.25) is 0 Å². The molecule has 5 heteroatoms. The Hall–Kier alpha value is -6.46. The van der Waals surface area contributed by atoms with E-state index in [-0.39, 0.29) is 33.8 Å². The summed E-state index contributed by atoms with van der Waals surface area (Å²) in [5, 5.41) is 1.14. The van der Waals surface area contributed by atoms with E-state index >= 15 is 0 Å².